The van der Waals surface area contributed by atoms with Crippen LogP contribution in [0.25, 0.3) is 11.4 Å². The van der Waals surface area contributed by atoms with Crippen molar-refractivity contribution in [3.8, 4) is 11.4 Å². The summed E-state index contributed by atoms with van der Waals surface area (Å²) in [5, 5.41) is 0. The highest BCUT2D eigenvalue weighted by Gasteiger charge is 2.10. The normalized spacial score (nSPS) is 10.2. The molecule has 0 bridgehead atoms. The van der Waals surface area contributed by atoms with Crippen LogP contribution in [0.1, 0.15) is 10.5 Å². The molecule has 1 N–H and O–H groups in total. The molecule has 3 rings (SSSR count). The monoisotopic (exact) mass is 293 g/mol. The summed E-state index contributed by atoms with van der Waals surface area (Å²) in [4.78, 5) is 36.1. The van der Waals surface area contributed by atoms with E-state index in [0.717, 1.165) is 4.68 Å². The second kappa shape index (κ2) is 5.96. The molecule has 3 aromatic heterocycles. The lowest BCUT2D eigenvalue weighted by atomic mass is 10.2. The Morgan fingerprint density at radius 1 is 1.09 bits per heavy atom. The number of pyridine rings is 2. The number of rotatable bonds is 3. The fourth-order valence-corrected chi connectivity index (χ4v) is 1.81. The van der Waals surface area contributed by atoms with Gasteiger partial charge in [-0.1, -0.05) is 6.07 Å². The van der Waals surface area contributed by atoms with E-state index in [-0.39, 0.29) is 11.3 Å². The topological polar surface area (TPSA) is 89.8 Å². The lowest BCUT2D eigenvalue weighted by molar-refractivity contribution is 0.100. The predicted octanol–water partition coefficient (Wildman–Crippen LogP) is 1.08. The molecule has 0 aliphatic rings. The molecule has 7 nitrogen and oxygen atoms in total. The van der Waals surface area contributed by atoms with Crippen LogP contribution in [0.5, 0.6) is 0 Å². The highest BCUT2D eigenvalue weighted by Crippen LogP contribution is 2.12. The van der Waals surface area contributed by atoms with Crippen LogP contribution in [-0.2, 0) is 0 Å². The predicted molar refractivity (Wildman–Crippen MR) is 79.7 cm³/mol. The maximum Gasteiger partial charge on any atom is 0.288 e. The lowest BCUT2D eigenvalue weighted by Crippen LogP contribution is -2.32. The van der Waals surface area contributed by atoms with E-state index < -0.39 is 5.91 Å². The minimum atomic E-state index is -0.499. The number of nitrogens with one attached hydrogen (secondary N) is 1. The van der Waals surface area contributed by atoms with Crippen molar-refractivity contribution in [2.45, 2.75) is 0 Å². The molecule has 0 aliphatic heterocycles. The summed E-state index contributed by atoms with van der Waals surface area (Å²) in [5.41, 5.74) is 2.99. The van der Waals surface area contributed by atoms with Crippen molar-refractivity contribution < 1.29 is 4.79 Å². The Hall–Kier alpha value is -3.35. The first-order chi connectivity index (χ1) is 10.7. The van der Waals surface area contributed by atoms with E-state index in [1.54, 1.807) is 36.7 Å². The van der Waals surface area contributed by atoms with Crippen molar-refractivity contribution in [1.82, 2.24) is 19.6 Å². The first-order valence-electron chi connectivity index (χ1n) is 6.46. The molecule has 1 amide bonds. The fourth-order valence-electron chi connectivity index (χ4n) is 1.81. The number of hydrogen-bond acceptors (Lipinski definition) is 5. The van der Waals surface area contributed by atoms with Gasteiger partial charge in [0.05, 0.1) is 0 Å². The summed E-state index contributed by atoms with van der Waals surface area (Å²) in [6.45, 7) is 0. The molecular weight excluding hydrogens is 282 g/mol. The Bertz CT molecular complexity index is 861. The van der Waals surface area contributed by atoms with E-state index in [4.69, 9.17) is 0 Å². The van der Waals surface area contributed by atoms with Crippen LogP contribution in [0.15, 0.2) is 66.0 Å². The van der Waals surface area contributed by atoms with Gasteiger partial charge in [-0.3, -0.25) is 20.0 Å². The van der Waals surface area contributed by atoms with E-state index in [2.05, 4.69) is 20.4 Å². The summed E-state index contributed by atoms with van der Waals surface area (Å²) in [6, 6.07) is 9.62. The maximum absolute atomic E-state index is 12.2. The molecule has 7 heteroatoms. The van der Waals surface area contributed by atoms with Crippen molar-refractivity contribution in [2.75, 3.05) is 5.43 Å². The number of aromatic nitrogens is 4. The van der Waals surface area contributed by atoms with E-state index in [0.29, 0.717) is 11.4 Å². The van der Waals surface area contributed by atoms with Gasteiger partial charge in [-0.05, 0) is 24.3 Å². The van der Waals surface area contributed by atoms with Gasteiger partial charge in [0.1, 0.15) is 5.69 Å². The quantitative estimate of drug-likeness (QED) is 0.780. The molecule has 22 heavy (non-hydrogen) atoms. The Morgan fingerprint density at radius 2 is 2.00 bits per heavy atom. The molecule has 3 heterocycles. The molecule has 108 valence electrons. The van der Waals surface area contributed by atoms with Crippen LogP contribution >= 0.6 is 0 Å². The molecule has 0 atom stereocenters. The van der Waals surface area contributed by atoms with E-state index in [9.17, 15) is 9.59 Å². The number of carbonyl (C=O) groups is 1. The molecule has 0 aromatic carbocycles. The summed E-state index contributed by atoms with van der Waals surface area (Å²) < 4.78 is 1.09. The molecular formula is C15H11N5O2. The third-order valence-corrected chi connectivity index (χ3v) is 2.85. The van der Waals surface area contributed by atoms with Crippen LogP contribution in [0, 0.1) is 0 Å². The van der Waals surface area contributed by atoms with Gasteiger partial charge >= 0.3 is 0 Å². The van der Waals surface area contributed by atoms with E-state index in [1.807, 2.05) is 0 Å². The van der Waals surface area contributed by atoms with Crippen molar-refractivity contribution >= 4 is 5.91 Å². The van der Waals surface area contributed by atoms with Crippen molar-refractivity contribution in [2.24, 2.45) is 0 Å². The third-order valence-electron chi connectivity index (χ3n) is 2.85. The summed E-state index contributed by atoms with van der Waals surface area (Å²) in [7, 11) is 0. The second-order valence-electron chi connectivity index (χ2n) is 4.36. The molecule has 0 fully saturated rings. The first-order valence-corrected chi connectivity index (χ1v) is 6.46. The zero-order valence-corrected chi connectivity index (χ0v) is 11.4. The second-order valence-corrected chi connectivity index (χ2v) is 4.36. The van der Waals surface area contributed by atoms with Crippen LogP contribution in [0.3, 0.4) is 0 Å². The number of hydrogen-bond donors (Lipinski definition) is 1. The molecule has 0 saturated heterocycles. The van der Waals surface area contributed by atoms with Gasteiger partial charge in [0.25, 0.3) is 11.5 Å². The van der Waals surface area contributed by atoms with Gasteiger partial charge in [-0.25, -0.2) is 14.6 Å². The Morgan fingerprint density at radius 3 is 2.77 bits per heavy atom. The zero-order chi connectivity index (χ0) is 15.4. The van der Waals surface area contributed by atoms with Gasteiger partial charge in [0.15, 0.2) is 5.82 Å². The number of amides is 1. The zero-order valence-electron chi connectivity index (χ0n) is 11.4. The van der Waals surface area contributed by atoms with Crippen molar-refractivity contribution in [3.05, 3.63) is 77.2 Å². The van der Waals surface area contributed by atoms with Crippen LogP contribution < -0.4 is 11.0 Å². The largest absolute Gasteiger partial charge is 0.288 e. The Kier molecular flexibility index (Phi) is 3.69. The SMILES string of the molecule is O=C(Nn1ccccc1=O)c1ccnc(-c2cccnc2)n1. The van der Waals surface area contributed by atoms with Gasteiger partial charge in [-0.2, -0.15) is 0 Å². The van der Waals surface area contributed by atoms with Gasteiger partial charge in [-0.15, -0.1) is 0 Å². The summed E-state index contributed by atoms with van der Waals surface area (Å²) in [6.07, 6.45) is 6.20. The van der Waals surface area contributed by atoms with Gasteiger partial charge < -0.3 is 0 Å². The highest BCUT2D eigenvalue weighted by atomic mass is 16.2. The van der Waals surface area contributed by atoms with E-state index >= 15 is 0 Å². The standard InChI is InChI=1S/C15H11N5O2/c21-13-5-1-2-9-20(13)19-15(22)12-6-8-17-14(18-12)11-4-3-7-16-10-11/h1-10H,(H,19,22). The molecule has 0 radical (unpaired) electrons. The minimum absolute atomic E-state index is 0.157. The highest BCUT2D eigenvalue weighted by molar-refractivity contribution is 5.98. The van der Waals surface area contributed by atoms with Crippen LogP contribution in [0.4, 0.5) is 0 Å². The molecule has 0 spiro atoms. The Labute approximate surface area is 125 Å². The molecule has 0 unspecified atom stereocenters. The average molecular weight is 293 g/mol. The number of carbonyl (C=O) groups excluding carboxylic acids is 1. The van der Waals surface area contributed by atoms with Crippen LogP contribution in [0.2, 0.25) is 0 Å². The average Bonchev–Trinajstić information content (AvgIpc) is 2.58. The maximum atomic E-state index is 12.2. The summed E-state index contributed by atoms with van der Waals surface area (Å²) in [5.74, 6) is -0.109. The fraction of sp³-hybridized carbons (Fsp3) is 0. The molecule has 0 aliphatic carbocycles. The molecule has 3 aromatic rings. The van der Waals surface area contributed by atoms with Crippen molar-refractivity contribution in [3.63, 3.8) is 0 Å². The molecule has 0 saturated carbocycles. The number of nitrogens with zero attached hydrogens (tertiary/aromatic N) is 4. The minimum Gasteiger partial charge on any atom is -0.268 e. The van der Waals surface area contributed by atoms with E-state index in [1.165, 1.54) is 24.5 Å². The van der Waals surface area contributed by atoms with Crippen LogP contribution in [-0.4, -0.2) is 25.5 Å². The van der Waals surface area contributed by atoms with Gasteiger partial charge in [0, 0.05) is 36.4 Å². The Balaban J connectivity index is 1.88. The smallest absolute Gasteiger partial charge is 0.268 e. The van der Waals surface area contributed by atoms with Gasteiger partial charge in [0.2, 0.25) is 0 Å². The third kappa shape index (κ3) is 2.88. The lowest BCUT2D eigenvalue weighted by Gasteiger charge is -2.07. The van der Waals surface area contributed by atoms with Crippen molar-refractivity contribution in [1.29, 1.82) is 0 Å². The summed E-state index contributed by atoms with van der Waals surface area (Å²) >= 11 is 0. The first kappa shape index (κ1) is 13.6.